The summed E-state index contributed by atoms with van der Waals surface area (Å²) in [5.41, 5.74) is 13.8. The molecule has 2 unspecified atom stereocenters. The predicted molar refractivity (Wildman–Crippen MR) is 71.8 cm³/mol. The normalized spacial score (nSPS) is 18.2. The highest BCUT2D eigenvalue weighted by molar-refractivity contribution is 5.82. The van der Waals surface area contributed by atoms with Gasteiger partial charge in [-0.05, 0) is 31.2 Å². The molecule has 0 heterocycles. The average Bonchev–Trinajstić information content (AvgIpc) is 3.20. The molecule has 18 heavy (non-hydrogen) atoms. The summed E-state index contributed by atoms with van der Waals surface area (Å²) in [4.78, 5) is 11.9. The van der Waals surface area contributed by atoms with Crippen molar-refractivity contribution in [1.29, 1.82) is 0 Å². The third kappa shape index (κ3) is 3.31. The Morgan fingerprint density at radius 1 is 1.33 bits per heavy atom. The summed E-state index contributed by atoms with van der Waals surface area (Å²) in [5.74, 6) is 0.427. The predicted octanol–water partition coefficient (Wildman–Crippen LogP) is 0.848. The van der Waals surface area contributed by atoms with Crippen LogP contribution in [0.4, 0.5) is 0 Å². The number of hydrogen-bond donors (Lipinski definition) is 3. The lowest BCUT2D eigenvalue weighted by Gasteiger charge is -2.15. The summed E-state index contributed by atoms with van der Waals surface area (Å²) >= 11 is 0. The standard InChI is InChI=1S/C14H21N3O/c1-9-2-4-11(5-3-9)13(16)14(18)17-8-12(15)10-6-7-10/h2-5,10,12-13H,6-8,15-16H2,1H3,(H,17,18). The molecule has 1 aromatic rings. The topological polar surface area (TPSA) is 81.1 Å². The zero-order chi connectivity index (χ0) is 13.1. The van der Waals surface area contributed by atoms with E-state index in [1.54, 1.807) is 0 Å². The van der Waals surface area contributed by atoms with Crippen LogP contribution in [0.3, 0.4) is 0 Å². The number of nitrogens with one attached hydrogen (secondary N) is 1. The van der Waals surface area contributed by atoms with Gasteiger partial charge in [0, 0.05) is 12.6 Å². The van der Waals surface area contributed by atoms with Crippen LogP contribution >= 0.6 is 0 Å². The van der Waals surface area contributed by atoms with Gasteiger partial charge in [-0.3, -0.25) is 4.79 Å². The molecule has 0 radical (unpaired) electrons. The molecule has 0 saturated heterocycles. The fraction of sp³-hybridized carbons (Fsp3) is 0.500. The van der Waals surface area contributed by atoms with Gasteiger partial charge in [0.05, 0.1) is 0 Å². The van der Waals surface area contributed by atoms with Crippen molar-refractivity contribution in [2.24, 2.45) is 17.4 Å². The van der Waals surface area contributed by atoms with Crippen LogP contribution in [-0.4, -0.2) is 18.5 Å². The Balaban J connectivity index is 1.85. The largest absolute Gasteiger partial charge is 0.353 e. The minimum Gasteiger partial charge on any atom is -0.353 e. The summed E-state index contributed by atoms with van der Waals surface area (Å²) < 4.78 is 0. The number of amides is 1. The Kier molecular flexibility index (Phi) is 3.99. The van der Waals surface area contributed by atoms with E-state index in [4.69, 9.17) is 11.5 Å². The molecule has 0 aromatic heterocycles. The molecule has 4 heteroatoms. The molecule has 5 N–H and O–H groups in total. The van der Waals surface area contributed by atoms with Crippen LogP contribution in [0.2, 0.25) is 0 Å². The van der Waals surface area contributed by atoms with Gasteiger partial charge in [0.1, 0.15) is 6.04 Å². The molecular weight excluding hydrogens is 226 g/mol. The third-order valence-corrected chi connectivity index (χ3v) is 3.46. The number of aryl methyl sites for hydroxylation is 1. The van der Waals surface area contributed by atoms with E-state index in [9.17, 15) is 4.79 Å². The van der Waals surface area contributed by atoms with Gasteiger partial charge in [-0.15, -0.1) is 0 Å². The summed E-state index contributed by atoms with van der Waals surface area (Å²) in [6, 6.07) is 7.15. The van der Waals surface area contributed by atoms with Gasteiger partial charge in [-0.1, -0.05) is 29.8 Å². The monoisotopic (exact) mass is 247 g/mol. The van der Waals surface area contributed by atoms with E-state index in [1.165, 1.54) is 12.8 Å². The molecular formula is C14H21N3O. The van der Waals surface area contributed by atoms with Crippen molar-refractivity contribution in [1.82, 2.24) is 5.32 Å². The third-order valence-electron chi connectivity index (χ3n) is 3.46. The van der Waals surface area contributed by atoms with Crippen LogP contribution in [0.5, 0.6) is 0 Å². The molecule has 4 nitrogen and oxygen atoms in total. The average molecular weight is 247 g/mol. The van der Waals surface area contributed by atoms with Gasteiger partial charge >= 0.3 is 0 Å². The maximum absolute atomic E-state index is 11.9. The second-order valence-corrected chi connectivity index (χ2v) is 5.13. The van der Waals surface area contributed by atoms with Crippen molar-refractivity contribution in [3.63, 3.8) is 0 Å². The number of benzene rings is 1. The number of hydrogen-bond acceptors (Lipinski definition) is 3. The summed E-state index contributed by atoms with van der Waals surface area (Å²) in [7, 11) is 0. The van der Waals surface area contributed by atoms with E-state index in [-0.39, 0.29) is 11.9 Å². The smallest absolute Gasteiger partial charge is 0.241 e. The lowest BCUT2D eigenvalue weighted by Crippen LogP contribution is -2.42. The summed E-state index contributed by atoms with van der Waals surface area (Å²) in [5, 5.41) is 2.83. The van der Waals surface area contributed by atoms with Gasteiger partial charge < -0.3 is 16.8 Å². The highest BCUT2D eigenvalue weighted by Gasteiger charge is 2.28. The lowest BCUT2D eigenvalue weighted by atomic mass is 10.1. The fourth-order valence-corrected chi connectivity index (χ4v) is 1.94. The van der Waals surface area contributed by atoms with Crippen LogP contribution in [0, 0.1) is 12.8 Å². The van der Waals surface area contributed by atoms with Crippen molar-refractivity contribution < 1.29 is 4.79 Å². The Labute approximate surface area is 108 Å². The second-order valence-electron chi connectivity index (χ2n) is 5.13. The van der Waals surface area contributed by atoms with Crippen LogP contribution < -0.4 is 16.8 Å². The van der Waals surface area contributed by atoms with Crippen molar-refractivity contribution >= 4 is 5.91 Å². The van der Waals surface area contributed by atoms with Crippen molar-refractivity contribution in [3.8, 4) is 0 Å². The minimum atomic E-state index is -0.614. The van der Waals surface area contributed by atoms with Gasteiger partial charge in [0.25, 0.3) is 0 Å². The van der Waals surface area contributed by atoms with Crippen LogP contribution in [0.15, 0.2) is 24.3 Å². The van der Waals surface area contributed by atoms with Crippen LogP contribution in [-0.2, 0) is 4.79 Å². The molecule has 1 fully saturated rings. The Morgan fingerprint density at radius 3 is 2.50 bits per heavy atom. The maximum atomic E-state index is 11.9. The lowest BCUT2D eigenvalue weighted by molar-refractivity contribution is -0.122. The van der Waals surface area contributed by atoms with E-state index >= 15 is 0 Å². The molecule has 98 valence electrons. The Bertz CT molecular complexity index is 412. The van der Waals surface area contributed by atoms with Gasteiger partial charge in [0.15, 0.2) is 0 Å². The van der Waals surface area contributed by atoms with E-state index in [0.29, 0.717) is 12.5 Å². The van der Waals surface area contributed by atoms with Crippen molar-refractivity contribution in [3.05, 3.63) is 35.4 Å². The molecule has 2 atom stereocenters. The first-order valence-electron chi connectivity index (χ1n) is 6.43. The summed E-state index contributed by atoms with van der Waals surface area (Å²) in [6.07, 6.45) is 2.36. The van der Waals surface area contributed by atoms with E-state index in [0.717, 1.165) is 11.1 Å². The maximum Gasteiger partial charge on any atom is 0.241 e. The van der Waals surface area contributed by atoms with Crippen LogP contribution in [0.25, 0.3) is 0 Å². The van der Waals surface area contributed by atoms with E-state index in [2.05, 4.69) is 5.32 Å². The first kappa shape index (κ1) is 13.1. The molecule has 1 aliphatic carbocycles. The molecule has 1 aliphatic rings. The minimum absolute atomic E-state index is 0.0687. The quantitative estimate of drug-likeness (QED) is 0.721. The molecule has 0 spiro atoms. The zero-order valence-electron chi connectivity index (χ0n) is 10.7. The highest BCUT2D eigenvalue weighted by atomic mass is 16.2. The highest BCUT2D eigenvalue weighted by Crippen LogP contribution is 2.31. The van der Waals surface area contributed by atoms with Crippen molar-refractivity contribution in [2.45, 2.75) is 31.8 Å². The van der Waals surface area contributed by atoms with Gasteiger partial charge in [-0.25, -0.2) is 0 Å². The number of carbonyl (C=O) groups excluding carboxylic acids is 1. The SMILES string of the molecule is Cc1ccc(C(N)C(=O)NCC(N)C2CC2)cc1. The molecule has 2 rings (SSSR count). The van der Waals surface area contributed by atoms with Gasteiger partial charge in [-0.2, -0.15) is 0 Å². The molecule has 1 amide bonds. The summed E-state index contributed by atoms with van der Waals surface area (Å²) in [6.45, 7) is 2.52. The second kappa shape index (κ2) is 5.50. The number of nitrogens with two attached hydrogens (primary N) is 2. The van der Waals surface area contributed by atoms with Crippen LogP contribution in [0.1, 0.15) is 30.0 Å². The first-order valence-corrected chi connectivity index (χ1v) is 6.43. The molecule has 1 aromatic carbocycles. The van der Waals surface area contributed by atoms with E-state index < -0.39 is 6.04 Å². The molecule has 0 aliphatic heterocycles. The van der Waals surface area contributed by atoms with Gasteiger partial charge in [0.2, 0.25) is 5.91 Å². The number of carbonyl (C=O) groups is 1. The Morgan fingerprint density at radius 2 is 1.94 bits per heavy atom. The van der Waals surface area contributed by atoms with Crippen molar-refractivity contribution in [2.75, 3.05) is 6.54 Å². The van der Waals surface area contributed by atoms with E-state index in [1.807, 2.05) is 31.2 Å². The molecule has 1 saturated carbocycles. The molecule has 0 bridgehead atoms. The fourth-order valence-electron chi connectivity index (χ4n) is 1.94. The zero-order valence-corrected chi connectivity index (χ0v) is 10.7. The first-order chi connectivity index (χ1) is 8.58. The number of rotatable bonds is 5. The Hall–Kier alpha value is -1.39.